The normalized spacial score (nSPS) is 17.3. The molecule has 0 bridgehead atoms. The highest BCUT2D eigenvalue weighted by Crippen LogP contribution is 2.39. The number of benzene rings is 2. The molecule has 6 nitrogen and oxygen atoms in total. The Balaban J connectivity index is 1.60. The molecule has 1 saturated carbocycles. The molecule has 0 spiro atoms. The Labute approximate surface area is 181 Å². The quantitative estimate of drug-likeness (QED) is 0.379. The van der Waals surface area contributed by atoms with Crippen LogP contribution in [0.25, 0.3) is 6.08 Å². The van der Waals surface area contributed by atoms with Crippen molar-refractivity contribution >= 4 is 17.8 Å². The number of rotatable bonds is 5. The first-order chi connectivity index (χ1) is 15.0. The van der Waals surface area contributed by atoms with Crippen molar-refractivity contribution in [2.75, 3.05) is 14.2 Å². The van der Waals surface area contributed by atoms with Gasteiger partial charge in [0.05, 0.1) is 25.7 Å². The van der Waals surface area contributed by atoms with Crippen LogP contribution < -0.4 is 18.9 Å². The highest BCUT2D eigenvalue weighted by molar-refractivity contribution is 6.15. The van der Waals surface area contributed by atoms with E-state index in [9.17, 15) is 9.59 Å². The number of ether oxygens (including phenoxy) is 4. The molecule has 2 aliphatic rings. The van der Waals surface area contributed by atoms with E-state index in [1.165, 1.54) is 6.42 Å². The second-order valence-electron chi connectivity index (χ2n) is 7.92. The molecule has 4 rings (SSSR count). The number of fused-ring (bicyclic) bond motifs is 1. The lowest BCUT2D eigenvalue weighted by Crippen LogP contribution is -2.22. The fourth-order valence-electron chi connectivity index (χ4n) is 4.17. The number of ketones is 1. The van der Waals surface area contributed by atoms with Crippen LogP contribution in [0.1, 0.15) is 53.6 Å². The summed E-state index contributed by atoms with van der Waals surface area (Å²) in [5, 5.41) is 0. The van der Waals surface area contributed by atoms with Crippen LogP contribution in [0, 0.1) is 12.8 Å². The van der Waals surface area contributed by atoms with Gasteiger partial charge in [-0.2, -0.15) is 0 Å². The standard InChI is InChI=1S/C25H26O6/c1-15-11-19(30-25(27)16-7-5-4-6-8-16)14-21-23(15)24(26)22(31-21)13-17-12-18(28-2)9-10-20(17)29-3/h9-14,16H,4-8H2,1-3H3/b22-13-. The topological polar surface area (TPSA) is 71.1 Å². The van der Waals surface area contributed by atoms with Crippen molar-refractivity contribution in [2.45, 2.75) is 39.0 Å². The summed E-state index contributed by atoms with van der Waals surface area (Å²) < 4.78 is 22.2. The molecule has 6 heteroatoms. The number of carbonyl (C=O) groups is 2. The summed E-state index contributed by atoms with van der Waals surface area (Å²) in [7, 11) is 3.14. The fraction of sp³-hybridized carbons (Fsp3) is 0.360. The maximum absolute atomic E-state index is 13.0. The van der Waals surface area contributed by atoms with E-state index in [0.717, 1.165) is 25.7 Å². The first-order valence-electron chi connectivity index (χ1n) is 10.5. The van der Waals surface area contributed by atoms with Gasteiger partial charge >= 0.3 is 5.97 Å². The van der Waals surface area contributed by atoms with Gasteiger partial charge < -0.3 is 18.9 Å². The molecular formula is C25H26O6. The molecule has 162 valence electrons. The number of methoxy groups -OCH3 is 2. The van der Waals surface area contributed by atoms with E-state index >= 15 is 0 Å². The van der Waals surface area contributed by atoms with Crippen molar-refractivity contribution < 1.29 is 28.5 Å². The summed E-state index contributed by atoms with van der Waals surface area (Å²) in [6, 6.07) is 8.66. The zero-order chi connectivity index (χ0) is 22.0. The summed E-state index contributed by atoms with van der Waals surface area (Å²) in [5.41, 5.74) is 1.85. The zero-order valence-electron chi connectivity index (χ0n) is 18.0. The fourth-order valence-corrected chi connectivity index (χ4v) is 4.17. The van der Waals surface area contributed by atoms with Gasteiger partial charge in [-0.05, 0) is 55.7 Å². The second-order valence-corrected chi connectivity index (χ2v) is 7.92. The van der Waals surface area contributed by atoms with Crippen LogP contribution in [0.4, 0.5) is 0 Å². The predicted octanol–water partition coefficient (Wildman–Crippen LogP) is 5.11. The summed E-state index contributed by atoms with van der Waals surface area (Å²) in [5.74, 6) is 1.73. The van der Waals surface area contributed by atoms with Gasteiger partial charge in [0.25, 0.3) is 0 Å². The second kappa shape index (κ2) is 8.84. The lowest BCUT2D eigenvalue weighted by Gasteiger charge is -2.20. The van der Waals surface area contributed by atoms with Crippen molar-refractivity contribution in [1.82, 2.24) is 0 Å². The first kappa shape index (κ1) is 21.0. The molecule has 0 radical (unpaired) electrons. The molecule has 0 saturated heterocycles. The van der Waals surface area contributed by atoms with Crippen molar-refractivity contribution in [3.8, 4) is 23.0 Å². The Morgan fingerprint density at radius 1 is 1.03 bits per heavy atom. The van der Waals surface area contributed by atoms with Crippen LogP contribution in [0.2, 0.25) is 0 Å². The Kier molecular flexibility index (Phi) is 5.98. The molecule has 0 atom stereocenters. The van der Waals surface area contributed by atoms with Gasteiger partial charge in [-0.25, -0.2) is 0 Å². The average molecular weight is 422 g/mol. The average Bonchev–Trinajstić information content (AvgIpc) is 3.09. The third-order valence-corrected chi connectivity index (χ3v) is 5.82. The molecule has 1 fully saturated rings. The van der Waals surface area contributed by atoms with Crippen LogP contribution in [-0.4, -0.2) is 26.0 Å². The number of aryl methyl sites for hydroxylation is 1. The third-order valence-electron chi connectivity index (χ3n) is 5.82. The molecule has 31 heavy (non-hydrogen) atoms. The van der Waals surface area contributed by atoms with Crippen molar-refractivity contribution in [1.29, 1.82) is 0 Å². The third kappa shape index (κ3) is 4.29. The van der Waals surface area contributed by atoms with Gasteiger partial charge in [-0.15, -0.1) is 0 Å². The largest absolute Gasteiger partial charge is 0.497 e. The summed E-state index contributed by atoms with van der Waals surface area (Å²) >= 11 is 0. The Hall–Kier alpha value is -3.28. The van der Waals surface area contributed by atoms with Crippen molar-refractivity contribution in [3.63, 3.8) is 0 Å². The van der Waals surface area contributed by atoms with Gasteiger partial charge in [0.2, 0.25) is 5.78 Å². The SMILES string of the molecule is COc1ccc(OC)c(/C=C2\Oc3cc(OC(=O)C4CCCCC4)cc(C)c3C2=O)c1. The van der Waals surface area contributed by atoms with Gasteiger partial charge in [0.15, 0.2) is 5.76 Å². The molecule has 0 aromatic heterocycles. The number of hydrogen-bond donors (Lipinski definition) is 0. The zero-order valence-corrected chi connectivity index (χ0v) is 18.0. The number of hydrogen-bond acceptors (Lipinski definition) is 6. The maximum Gasteiger partial charge on any atom is 0.314 e. The van der Waals surface area contributed by atoms with Crippen LogP contribution in [0.15, 0.2) is 36.1 Å². The van der Waals surface area contributed by atoms with Crippen LogP contribution in [-0.2, 0) is 4.79 Å². The van der Waals surface area contributed by atoms with E-state index in [2.05, 4.69) is 0 Å². The Bertz CT molecular complexity index is 1050. The first-order valence-corrected chi connectivity index (χ1v) is 10.5. The van der Waals surface area contributed by atoms with Crippen LogP contribution >= 0.6 is 0 Å². The van der Waals surface area contributed by atoms with Gasteiger partial charge in [0, 0.05) is 11.6 Å². The number of carbonyl (C=O) groups excluding carboxylic acids is 2. The molecule has 1 aliphatic carbocycles. The predicted molar refractivity (Wildman–Crippen MR) is 116 cm³/mol. The minimum Gasteiger partial charge on any atom is -0.497 e. The Morgan fingerprint density at radius 3 is 2.52 bits per heavy atom. The molecule has 0 amide bonds. The van der Waals surface area contributed by atoms with E-state index in [0.29, 0.717) is 39.7 Å². The molecule has 2 aromatic carbocycles. The minimum atomic E-state index is -0.220. The minimum absolute atomic E-state index is 0.0548. The van der Waals surface area contributed by atoms with Crippen LogP contribution in [0.3, 0.4) is 0 Å². The monoisotopic (exact) mass is 422 g/mol. The molecule has 1 heterocycles. The summed E-state index contributed by atoms with van der Waals surface area (Å²) in [4.78, 5) is 25.5. The van der Waals surface area contributed by atoms with E-state index in [-0.39, 0.29) is 23.4 Å². The van der Waals surface area contributed by atoms with Crippen molar-refractivity contribution in [3.05, 3.63) is 52.8 Å². The molecule has 2 aromatic rings. The lowest BCUT2D eigenvalue weighted by atomic mass is 9.89. The number of esters is 1. The number of Topliss-reactive ketones (excluding diaryl/α,β-unsaturated/α-hetero) is 1. The van der Waals surface area contributed by atoms with E-state index < -0.39 is 0 Å². The molecular weight excluding hydrogens is 396 g/mol. The van der Waals surface area contributed by atoms with Crippen LogP contribution in [0.5, 0.6) is 23.0 Å². The molecule has 0 unspecified atom stereocenters. The van der Waals surface area contributed by atoms with E-state index in [1.807, 2.05) is 6.92 Å². The Morgan fingerprint density at radius 2 is 1.81 bits per heavy atom. The summed E-state index contributed by atoms with van der Waals surface area (Å²) in [6.07, 6.45) is 6.66. The lowest BCUT2D eigenvalue weighted by molar-refractivity contribution is -0.139. The van der Waals surface area contributed by atoms with Gasteiger partial charge in [-0.3, -0.25) is 9.59 Å². The van der Waals surface area contributed by atoms with Gasteiger partial charge in [-0.1, -0.05) is 19.3 Å². The van der Waals surface area contributed by atoms with Gasteiger partial charge in [0.1, 0.15) is 23.0 Å². The van der Waals surface area contributed by atoms with E-state index in [1.54, 1.807) is 50.6 Å². The molecule has 1 aliphatic heterocycles. The molecule has 0 N–H and O–H groups in total. The highest BCUT2D eigenvalue weighted by atomic mass is 16.5. The smallest absolute Gasteiger partial charge is 0.314 e. The number of allylic oxidation sites excluding steroid dienone is 1. The van der Waals surface area contributed by atoms with E-state index in [4.69, 9.17) is 18.9 Å². The maximum atomic E-state index is 13.0. The summed E-state index contributed by atoms with van der Waals surface area (Å²) in [6.45, 7) is 1.81. The highest BCUT2D eigenvalue weighted by Gasteiger charge is 2.31. The van der Waals surface area contributed by atoms with Crippen molar-refractivity contribution in [2.24, 2.45) is 5.92 Å².